The van der Waals surface area contributed by atoms with Crippen molar-refractivity contribution in [2.45, 2.75) is 45.6 Å². The maximum atomic E-state index is 11.2. The lowest BCUT2D eigenvalue weighted by atomic mass is 10.2. The normalized spacial score (nSPS) is 17.9. The fourth-order valence-electron chi connectivity index (χ4n) is 2.15. The molecule has 110 valence electrons. The first-order valence-electron chi connectivity index (χ1n) is 7.36. The summed E-state index contributed by atoms with van der Waals surface area (Å²) in [5.74, 6) is 2.64. The molecule has 2 rings (SSSR count). The molecule has 1 unspecified atom stereocenters. The zero-order valence-electron chi connectivity index (χ0n) is 12.2. The van der Waals surface area contributed by atoms with Gasteiger partial charge in [-0.15, -0.1) is 0 Å². The van der Waals surface area contributed by atoms with E-state index in [1.165, 1.54) is 0 Å². The number of amides is 1. The molecule has 0 saturated carbocycles. The van der Waals surface area contributed by atoms with E-state index in [1.807, 2.05) is 13.0 Å². The number of carbonyl (C=O) groups excluding carboxylic acids is 1. The Kier molecular flexibility index (Phi) is 5.15. The van der Waals surface area contributed by atoms with Crippen molar-refractivity contribution in [3.8, 4) is 0 Å². The van der Waals surface area contributed by atoms with E-state index < -0.39 is 0 Å². The summed E-state index contributed by atoms with van der Waals surface area (Å²) in [7, 11) is 0. The number of aryl methyl sites for hydroxylation is 1. The van der Waals surface area contributed by atoms with E-state index in [2.05, 4.69) is 32.8 Å². The standard InChI is InChI=1S/C14H23N5O/c1-3-7-15-12-8-13(19-11(4-2)18-12)16-9-10-5-6-14(20)17-10/h8,10H,3-7,9H2,1-2H3,(H,17,20)(H2,15,16,18,19). The number of rotatable bonds is 7. The Hall–Kier alpha value is -1.85. The molecule has 0 spiro atoms. The Morgan fingerprint density at radius 2 is 2.05 bits per heavy atom. The van der Waals surface area contributed by atoms with Gasteiger partial charge < -0.3 is 16.0 Å². The van der Waals surface area contributed by atoms with Gasteiger partial charge in [-0.25, -0.2) is 9.97 Å². The maximum absolute atomic E-state index is 11.2. The van der Waals surface area contributed by atoms with Crippen LogP contribution in [0.5, 0.6) is 0 Å². The van der Waals surface area contributed by atoms with Crippen LogP contribution in [0.15, 0.2) is 6.07 Å². The van der Waals surface area contributed by atoms with E-state index in [-0.39, 0.29) is 11.9 Å². The molecular formula is C14H23N5O. The van der Waals surface area contributed by atoms with Crippen molar-refractivity contribution in [3.05, 3.63) is 11.9 Å². The average molecular weight is 277 g/mol. The first-order chi connectivity index (χ1) is 9.71. The third-order valence-electron chi connectivity index (χ3n) is 3.26. The fourth-order valence-corrected chi connectivity index (χ4v) is 2.15. The summed E-state index contributed by atoms with van der Waals surface area (Å²) in [6, 6.07) is 2.13. The second-order valence-electron chi connectivity index (χ2n) is 5.02. The second-order valence-corrected chi connectivity index (χ2v) is 5.02. The Balaban J connectivity index is 1.96. The highest BCUT2D eigenvalue weighted by atomic mass is 16.1. The number of anilines is 2. The van der Waals surface area contributed by atoms with Crippen LogP contribution in [0.1, 0.15) is 38.9 Å². The molecule has 0 aliphatic carbocycles. The number of carbonyl (C=O) groups is 1. The molecule has 1 aliphatic rings. The number of hydrogen-bond donors (Lipinski definition) is 3. The lowest BCUT2D eigenvalue weighted by molar-refractivity contribution is -0.119. The van der Waals surface area contributed by atoms with Gasteiger partial charge in [0.2, 0.25) is 5.91 Å². The molecule has 1 aliphatic heterocycles. The Morgan fingerprint density at radius 3 is 2.65 bits per heavy atom. The third kappa shape index (κ3) is 4.08. The summed E-state index contributed by atoms with van der Waals surface area (Å²) in [6.45, 7) is 5.77. The SMILES string of the molecule is CCCNc1cc(NCC2CCC(=O)N2)nc(CC)n1. The van der Waals surface area contributed by atoms with Crippen molar-refractivity contribution in [3.63, 3.8) is 0 Å². The Labute approximate surface area is 119 Å². The highest BCUT2D eigenvalue weighted by Crippen LogP contribution is 2.13. The van der Waals surface area contributed by atoms with Crippen LogP contribution in [-0.2, 0) is 11.2 Å². The average Bonchev–Trinajstić information content (AvgIpc) is 2.88. The smallest absolute Gasteiger partial charge is 0.220 e. The second kappa shape index (κ2) is 7.07. The van der Waals surface area contributed by atoms with Crippen LogP contribution in [0, 0.1) is 0 Å². The zero-order chi connectivity index (χ0) is 14.4. The first-order valence-corrected chi connectivity index (χ1v) is 7.36. The minimum Gasteiger partial charge on any atom is -0.370 e. The molecule has 0 radical (unpaired) electrons. The number of nitrogens with one attached hydrogen (secondary N) is 3. The topological polar surface area (TPSA) is 78.9 Å². The van der Waals surface area contributed by atoms with Gasteiger partial charge in [0.15, 0.2) is 0 Å². The van der Waals surface area contributed by atoms with E-state index in [9.17, 15) is 4.79 Å². The van der Waals surface area contributed by atoms with Crippen LogP contribution in [0.4, 0.5) is 11.6 Å². The van der Waals surface area contributed by atoms with Gasteiger partial charge in [0.25, 0.3) is 0 Å². The highest BCUT2D eigenvalue weighted by Gasteiger charge is 2.20. The minimum atomic E-state index is 0.138. The summed E-state index contributed by atoms with van der Waals surface area (Å²) < 4.78 is 0. The van der Waals surface area contributed by atoms with Gasteiger partial charge >= 0.3 is 0 Å². The van der Waals surface area contributed by atoms with Crippen LogP contribution in [0.25, 0.3) is 0 Å². The van der Waals surface area contributed by atoms with Gasteiger partial charge in [-0.3, -0.25) is 4.79 Å². The largest absolute Gasteiger partial charge is 0.370 e. The van der Waals surface area contributed by atoms with Crippen molar-refractivity contribution in [1.29, 1.82) is 0 Å². The van der Waals surface area contributed by atoms with Crippen molar-refractivity contribution >= 4 is 17.5 Å². The molecule has 1 aromatic heterocycles. The molecule has 1 atom stereocenters. The summed E-state index contributed by atoms with van der Waals surface area (Å²) in [4.78, 5) is 20.1. The predicted octanol–water partition coefficient (Wildman–Crippen LogP) is 1.55. The fraction of sp³-hybridized carbons (Fsp3) is 0.643. The quantitative estimate of drug-likeness (QED) is 0.705. The first kappa shape index (κ1) is 14.6. The molecule has 2 heterocycles. The van der Waals surface area contributed by atoms with Gasteiger partial charge in [0, 0.05) is 38.0 Å². The molecule has 6 heteroatoms. The van der Waals surface area contributed by atoms with E-state index in [0.29, 0.717) is 13.0 Å². The van der Waals surface area contributed by atoms with Crippen LogP contribution < -0.4 is 16.0 Å². The van der Waals surface area contributed by atoms with E-state index >= 15 is 0 Å². The van der Waals surface area contributed by atoms with Gasteiger partial charge in [0.05, 0.1) is 0 Å². The van der Waals surface area contributed by atoms with Gasteiger partial charge in [0.1, 0.15) is 17.5 Å². The number of hydrogen-bond acceptors (Lipinski definition) is 5. The summed E-state index contributed by atoms with van der Waals surface area (Å²) in [6.07, 6.45) is 3.37. The molecular weight excluding hydrogens is 254 g/mol. The van der Waals surface area contributed by atoms with Crippen molar-refractivity contribution in [2.75, 3.05) is 23.7 Å². The summed E-state index contributed by atoms with van der Waals surface area (Å²) >= 11 is 0. The van der Waals surface area contributed by atoms with E-state index in [0.717, 1.165) is 43.3 Å². The number of aromatic nitrogens is 2. The van der Waals surface area contributed by atoms with E-state index in [4.69, 9.17) is 0 Å². The zero-order valence-corrected chi connectivity index (χ0v) is 12.2. The molecule has 6 nitrogen and oxygen atoms in total. The predicted molar refractivity (Wildman–Crippen MR) is 79.8 cm³/mol. The maximum Gasteiger partial charge on any atom is 0.220 e. The Bertz CT molecular complexity index is 463. The lowest BCUT2D eigenvalue weighted by Gasteiger charge is -2.13. The van der Waals surface area contributed by atoms with Crippen molar-refractivity contribution in [1.82, 2.24) is 15.3 Å². The molecule has 0 bridgehead atoms. The Morgan fingerprint density at radius 1 is 1.30 bits per heavy atom. The third-order valence-corrected chi connectivity index (χ3v) is 3.26. The molecule has 1 saturated heterocycles. The minimum absolute atomic E-state index is 0.138. The van der Waals surface area contributed by atoms with E-state index in [1.54, 1.807) is 0 Å². The van der Waals surface area contributed by atoms with Gasteiger partial charge in [-0.05, 0) is 12.8 Å². The molecule has 1 aromatic rings. The summed E-state index contributed by atoms with van der Waals surface area (Å²) in [5, 5.41) is 9.52. The highest BCUT2D eigenvalue weighted by molar-refractivity contribution is 5.78. The number of nitrogens with zero attached hydrogens (tertiary/aromatic N) is 2. The van der Waals surface area contributed by atoms with Crippen molar-refractivity contribution < 1.29 is 4.79 Å². The molecule has 0 aromatic carbocycles. The van der Waals surface area contributed by atoms with Crippen molar-refractivity contribution in [2.24, 2.45) is 0 Å². The summed E-state index contributed by atoms with van der Waals surface area (Å²) in [5.41, 5.74) is 0. The molecule has 1 amide bonds. The van der Waals surface area contributed by atoms with Gasteiger partial charge in [-0.2, -0.15) is 0 Å². The van der Waals surface area contributed by atoms with Crippen LogP contribution in [0.2, 0.25) is 0 Å². The van der Waals surface area contributed by atoms with Crippen LogP contribution >= 0.6 is 0 Å². The lowest BCUT2D eigenvalue weighted by Crippen LogP contribution is -2.32. The molecule has 20 heavy (non-hydrogen) atoms. The monoisotopic (exact) mass is 277 g/mol. The molecule has 1 fully saturated rings. The van der Waals surface area contributed by atoms with Gasteiger partial charge in [-0.1, -0.05) is 13.8 Å². The van der Waals surface area contributed by atoms with Crippen LogP contribution in [-0.4, -0.2) is 35.0 Å². The molecule has 3 N–H and O–H groups in total. The van der Waals surface area contributed by atoms with Crippen LogP contribution in [0.3, 0.4) is 0 Å².